The second-order valence-electron chi connectivity index (χ2n) is 3.58. The number of rotatable bonds is 6. The summed E-state index contributed by atoms with van der Waals surface area (Å²) in [5.41, 5.74) is 5.74. The van der Waals surface area contributed by atoms with Gasteiger partial charge >= 0.3 is 5.69 Å². The monoisotopic (exact) mass is 238 g/mol. The Balaban J connectivity index is 2.78. The smallest absolute Gasteiger partial charge is 0.311 e. The van der Waals surface area contributed by atoms with Gasteiger partial charge in [-0.15, -0.1) is 0 Å². The van der Waals surface area contributed by atoms with E-state index in [-0.39, 0.29) is 23.8 Å². The summed E-state index contributed by atoms with van der Waals surface area (Å²) < 4.78 is 4.89. The van der Waals surface area contributed by atoms with Crippen molar-refractivity contribution in [1.29, 1.82) is 0 Å². The van der Waals surface area contributed by atoms with Gasteiger partial charge in [0.1, 0.15) is 0 Å². The molecular weight excluding hydrogens is 224 g/mol. The Kier molecular flexibility index (Phi) is 4.45. The molecule has 1 aromatic carbocycles. The number of benzene rings is 1. The molecule has 0 atom stereocenters. The van der Waals surface area contributed by atoms with Crippen molar-refractivity contribution in [3.63, 3.8) is 0 Å². The Bertz CT molecular complexity index is 431. The van der Waals surface area contributed by atoms with Crippen LogP contribution < -0.4 is 10.5 Å². The molecule has 0 radical (unpaired) electrons. The van der Waals surface area contributed by atoms with E-state index in [0.29, 0.717) is 12.8 Å². The summed E-state index contributed by atoms with van der Waals surface area (Å²) in [7, 11) is 1.38. The van der Waals surface area contributed by atoms with Crippen molar-refractivity contribution in [2.45, 2.75) is 19.3 Å². The van der Waals surface area contributed by atoms with E-state index in [0.717, 1.165) is 5.56 Å². The summed E-state index contributed by atoms with van der Waals surface area (Å²) in [5.74, 6) is -0.137. The highest BCUT2D eigenvalue weighted by Gasteiger charge is 2.14. The standard InChI is InChI=1S/C11H14N2O4/c1-17-10-6-5-8(3-2-4-11(12)14)7-9(10)13(15)16/h5-7H,2-4H2,1H3,(H2,12,14). The minimum atomic E-state index is -0.490. The summed E-state index contributed by atoms with van der Waals surface area (Å²) in [5, 5.41) is 10.8. The van der Waals surface area contributed by atoms with Gasteiger partial charge in [-0.25, -0.2) is 0 Å². The maximum atomic E-state index is 10.8. The molecule has 17 heavy (non-hydrogen) atoms. The van der Waals surface area contributed by atoms with Crippen LogP contribution in [0.4, 0.5) is 5.69 Å². The third-order valence-electron chi connectivity index (χ3n) is 2.33. The highest BCUT2D eigenvalue weighted by Crippen LogP contribution is 2.27. The minimum Gasteiger partial charge on any atom is -0.490 e. The fourth-order valence-electron chi connectivity index (χ4n) is 1.50. The van der Waals surface area contributed by atoms with E-state index in [1.807, 2.05) is 0 Å². The maximum Gasteiger partial charge on any atom is 0.311 e. The van der Waals surface area contributed by atoms with Crippen molar-refractivity contribution in [1.82, 2.24) is 0 Å². The zero-order chi connectivity index (χ0) is 12.8. The average molecular weight is 238 g/mol. The molecule has 92 valence electrons. The van der Waals surface area contributed by atoms with Crippen LogP contribution in [0.3, 0.4) is 0 Å². The minimum absolute atomic E-state index is 0.0657. The first-order valence-corrected chi connectivity index (χ1v) is 5.14. The van der Waals surface area contributed by atoms with Gasteiger partial charge in [0.25, 0.3) is 0 Å². The first-order chi connectivity index (χ1) is 8.04. The zero-order valence-corrected chi connectivity index (χ0v) is 9.51. The van der Waals surface area contributed by atoms with E-state index >= 15 is 0 Å². The van der Waals surface area contributed by atoms with Gasteiger partial charge in [0, 0.05) is 12.5 Å². The van der Waals surface area contributed by atoms with Gasteiger partial charge in [0.15, 0.2) is 5.75 Å². The average Bonchev–Trinajstić information content (AvgIpc) is 2.28. The number of carbonyl (C=O) groups excluding carboxylic acids is 1. The third kappa shape index (κ3) is 3.75. The van der Waals surface area contributed by atoms with Crippen molar-refractivity contribution in [3.8, 4) is 5.75 Å². The van der Waals surface area contributed by atoms with Gasteiger partial charge in [-0.3, -0.25) is 14.9 Å². The van der Waals surface area contributed by atoms with Gasteiger partial charge in [-0.2, -0.15) is 0 Å². The number of methoxy groups -OCH3 is 1. The number of amides is 1. The molecule has 0 saturated carbocycles. The number of aryl methyl sites for hydroxylation is 1. The molecule has 0 heterocycles. The highest BCUT2D eigenvalue weighted by molar-refractivity contribution is 5.73. The molecule has 0 unspecified atom stereocenters. The Morgan fingerprint density at radius 2 is 2.24 bits per heavy atom. The number of carbonyl (C=O) groups is 1. The molecule has 0 fully saturated rings. The second-order valence-corrected chi connectivity index (χ2v) is 3.58. The molecule has 0 aliphatic rings. The van der Waals surface area contributed by atoms with E-state index in [1.165, 1.54) is 13.2 Å². The summed E-state index contributed by atoms with van der Waals surface area (Å²) >= 11 is 0. The van der Waals surface area contributed by atoms with Crippen LogP contribution in [0.2, 0.25) is 0 Å². The highest BCUT2D eigenvalue weighted by atomic mass is 16.6. The Morgan fingerprint density at radius 3 is 2.76 bits per heavy atom. The maximum absolute atomic E-state index is 10.8. The van der Waals surface area contributed by atoms with E-state index in [9.17, 15) is 14.9 Å². The molecule has 6 nitrogen and oxygen atoms in total. The van der Waals surface area contributed by atoms with Gasteiger partial charge < -0.3 is 10.5 Å². The summed E-state index contributed by atoms with van der Waals surface area (Å²) in [4.78, 5) is 20.8. The van der Waals surface area contributed by atoms with Crippen LogP contribution in [0.5, 0.6) is 5.75 Å². The van der Waals surface area contributed by atoms with Crippen molar-refractivity contribution in [2.24, 2.45) is 5.73 Å². The predicted octanol–water partition coefficient (Wildman–Crippen LogP) is 1.41. The number of nitrogens with zero attached hydrogens (tertiary/aromatic N) is 1. The zero-order valence-electron chi connectivity index (χ0n) is 9.51. The number of nitrogens with two attached hydrogens (primary N) is 1. The molecule has 1 amide bonds. The van der Waals surface area contributed by atoms with Gasteiger partial charge in [0.2, 0.25) is 5.91 Å². The Labute approximate surface area is 98.5 Å². The van der Waals surface area contributed by atoms with Crippen molar-refractivity contribution < 1.29 is 14.5 Å². The fraction of sp³-hybridized carbons (Fsp3) is 0.364. The van der Waals surface area contributed by atoms with Crippen LogP contribution >= 0.6 is 0 Å². The number of nitro benzene ring substituents is 1. The molecule has 0 aliphatic carbocycles. The molecule has 2 N–H and O–H groups in total. The van der Waals surface area contributed by atoms with E-state index in [2.05, 4.69) is 0 Å². The number of primary amides is 1. The largest absolute Gasteiger partial charge is 0.490 e. The second kappa shape index (κ2) is 5.83. The van der Waals surface area contributed by atoms with Crippen molar-refractivity contribution in [3.05, 3.63) is 33.9 Å². The number of hydrogen-bond donors (Lipinski definition) is 1. The molecule has 1 aromatic rings. The third-order valence-corrected chi connectivity index (χ3v) is 2.33. The van der Waals surface area contributed by atoms with Crippen LogP contribution in [-0.2, 0) is 11.2 Å². The lowest BCUT2D eigenvalue weighted by atomic mass is 10.1. The lowest BCUT2D eigenvalue weighted by Gasteiger charge is -2.04. The molecule has 0 bridgehead atoms. The van der Waals surface area contributed by atoms with Crippen LogP contribution in [0.1, 0.15) is 18.4 Å². The molecule has 6 heteroatoms. The molecule has 0 aliphatic heterocycles. The number of hydrogen-bond acceptors (Lipinski definition) is 4. The number of ether oxygens (including phenoxy) is 1. The first-order valence-electron chi connectivity index (χ1n) is 5.14. The fourth-order valence-corrected chi connectivity index (χ4v) is 1.50. The lowest BCUT2D eigenvalue weighted by Crippen LogP contribution is -2.10. The summed E-state index contributed by atoms with van der Waals surface area (Å²) in [6, 6.07) is 4.75. The molecule has 0 aromatic heterocycles. The van der Waals surface area contributed by atoms with Crippen LogP contribution in [0.15, 0.2) is 18.2 Å². The van der Waals surface area contributed by atoms with Gasteiger partial charge in [-0.05, 0) is 24.5 Å². The van der Waals surface area contributed by atoms with Crippen molar-refractivity contribution >= 4 is 11.6 Å². The van der Waals surface area contributed by atoms with Crippen LogP contribution in [0.25, 0.3) is 0 Å². The summed E-state index contributed by atoms with van der Waals surface area (Å²) in [6.45, 7) is 0. The SMILES string of the molecule is COc1ccc(CCCC(N)=O)cc1[N+](=O)[O-]. The number of nitro groups is 1. The predicted molar refractivity (Wildman–Crippen MR) is 61.8 cm³/mol. The van der Waals surface area contributed by atoms with Crippen molar-refractivity contribution in [2.75, 3.05) is 7.11 Å². The van der Waals surface area contributed by atoms with Gasteiger partial charge in [-0.1, -0.05) is 6.07 Å². The van der Waals surface area contributed by atoms with E-state index in [1.54, 1.807) is 12.1 Å². The van der Waals surface area contributed by atoms with E-state index < -0.39 is 4.92 Å². The molecule has 0 saturated heterocycles. The topological polar surface area (TPSA) is 95.5 Å². The molecule has 0 spiro atoms. The molecular formula is C11H14N2O4. The first kappa shape index (κ1) is 13.0. The quantitative estimate of drug-likeness (QED) is 0.598. The van der Waals surface area contributed by atoms with E-state index in [4.69, 9.17) is 10.5 Å². The molecule has 1 rings (SSSR count). The van der Waals surface area contributed by atoms with Crippen LogP contribution in [-0.4, -0.2) is 17.9 Å². The lowest BCUT2D eigenvalue weighted by molar-refractivity contribution is -0.385. The van der Waals surface area contributed by atoms with Gasteiger partial charge in [0.05, 0.1) is 12.0 Å². The Morgan fingerprint density at radius 1 is 1.53 bits per heavy atom. The normalized spacial score (nSPS) is 9.94. The van der Waals surface area contributed by atoms with Crippen LogP contribution in [0, 0.1) is 10.1 Å². The Hall–Kier alpha value is -2.11. The summed E-state index contributed by atoms with van der Waals surface area (Å²) in [6.07, 6.45) is 1.44.